The summed E-state index contributed by atoms with van der Waals surface area (Å²) in [6.45, 7) is 2.60. The average Bonchev–Trinajstić information content (AvgIpc) is 2.87. The number of fused-ring (bicyclic) bond motifs is 1. The Morgan fingerprint density at radius 1 is 1.35 bits per heavy atom. The predicted octanol–water partition coefficient (Wildman–Crippen LogP) is 2.78. The maximum atomic E-state index is 12.0. The summed E-state index contributed by atoms with van der Waals surface area (Å²) in [6, 6.07) is 6.13. The fourth-order valence-electron chi connectivity index (χ4n) is 3.42. The number of carbonyl (C=O) groups excluding carboxylic acids is 1. The monoisotopic (exact) mass is 314 g/mol. The third-order valence-corrected chi connectivity index (χ3v) is 4.98. The van der Waals surface area contributed by atoms with E-state index in [1.165, 1.54) is 16.5 Å². The molecule has 1 aromatic heterocycles. The molecule has 3 N–H and O–H groups in total. The van der Waals surface area contributed by atoms with Gasteiger partial charge >= 0.3 is 5.97 Å². The summed E-state index contributed by atoms with van der Waals surface area (Å²) < 4.78 is 0. The quantitative estimate of drug-likeness (QED) is 0.767. The van der Waals surface area contributed by atoms with Crippen LogP contribution in [0.5, 0.6) is 0 Å². The number of H-pyrrole nitrogens is 1. The fourth-order valence-corrected chi connectivity index (χ4v) is 3.42. The molecular formula is C18H22N2O3. The van der Waals surface area contributed by atoms with Crippen LogP contribution in [0.3, 0.4) is 0 Å². The number of nitrogens with one attached hydrogen (secondary N) is 2. The van der Waals surface area contributed by atoms with Crippen LogP contribution in [0, 0.1) is 12.3 Å². The molecule has 0 bridgehead atoms. The van der Waals surface area contributed by atoms with Crippen molar-refractivity contribution >= 4 is 22.8 Å². The van der Waals surface area contributed by atoms with E-state index in [2.05, 4.69) is 23.3 Å². The van der Waals surface area contributed by atoms with Crippen LogP contribution in [0.25, 0.3) is 10.9 Å². The lowest BCUT2D eigenvalue weighted by atomic mass is 9.66. The van der Waals surface area contributed by atoms with Crippen LogP contribution < -0.4 is 5.32 Å². The van der Waals surface area contributed by atoms with Crippen LogP contribution in [0.1, 0.15) is 36.8 Å². The molecule has 2 aromatic rings. The minimum Gasteiger partial charge on any atom is -0.481 e. The van der Waals surface area contributed by atoms with E-state index in [0.717, 1.165) is 18.4 Å². The normalized spacial score (nSPS) is 16.0. The van der Waals surface area contributed by atoms with E-state index >= 15 is 0 Å². The van der Waals surface area contributed by atoms with Gasteiger partial charge in [-0.15, -0.1) is 0 Å². The van der Waals surface area contributed by atoms with Crippen LogP contribution in [0.15, 0.2) is 24.4 Å². The number of benzene rings is 1. The third-order valence-electron chi connectivity index (χ3n) is 4.98. The Kier molecular flexibility index (Phi) is 4.11. The van der Waals surface area contributed by atoms with Gasteiger partial charge in [0.15, 0.2) is 0 Å². The highest BCUT2D eigenvalue weighted by atomic mass is 16.4. The molecule has 0 spiro atoms. The highest BCUT2D eigenvalue weighted by Crippen LogP contribution is 2.44. The summed E-state index contributed by atoms with van der Waals surface area (Å²) in [5, 5.41) is 13.4. The molecule has 3 rings (SSSR count). The van der Waals surface area contributed by atoms with Crippen molar-refractivity contribution in [2.24, 2.45) is 5.41 Å². The zero-order chi connectivity index (χ0) is 16.4. The van der Waals surface area contributed by atoms with Gasteiger partial charge in [0.25, 0.3) is 0 Å². The van der Waals surface area contributed by atoms with E-state index < -0.39 is 11.4 Å². The number of amides is 1. The standard InChI is InChI=1S/C18H22N2O3/c1-12-4-2-5-14-16(12)13(11-20-14)6-9-19-15(21)10-18(17(22)23)7-3-8-18/h2,4-5,11,20H,3,6-10H2,1H3,(H,19,21)(H,22,23). The first-order chi connectivity index (χ1) is 11.0. The summed E-state index contributed by atoms with van der Waals surface area (Å²) in [4.78, 5) is 26.6. The first-order valence-electron chi connectivity index (χ1n) is 8.07. The summed E-state index contributed by atoms with van der Waals surface area (Å²) in [7, 11) is 0. The minimum absolute atomic E-state index is 0.0925. The predicted molar refractivity (Wildman–Crippen MR) is 88.3 cm³/mol. The number of aromatic amines is 1. The van der Waals surface area contributed by atoms with Gasteiger partial charge in [0.1, 0.15) is 0 Å². The third kappa shape index (κ3) is 2.96. The molecule has 1 saturated carbocycles. The number of carboxylic acid groups (broad SMARTS) is 1. The van der Waals surface area contributed by atoms with Crippen molar-refractivity contribution < 1.29 is 14.7 Å². The smallest absolute Gasteiger partial charge is 0.310 e. The van der Waals surface area contributed by atoms with Crippen molar-refractivity contribution in [2.75, 3.05) is 6.54 Å². The molecule has 1 fully saturated rings. The van der Waals surface area contributed by atoms with Gasteiger partial charge in [-0.05, 0) is 43.4 Å². The van der Waals surface area contributed by atoms with Crippen molar-refractivity contribution in [1.29, 1.82) is 0 Å². The highest BCUT2D eigenvalue weighted by molar-refractivity contribution is 5.87. The molecule has 1 aliphatic rings. The molecule has 122 valence electrons. The van der Waals surface area contributed by atoms with E-state index in [-0.39, 0.29) is 12.3 Å². The number of aromatic nitrogens is 1. The van der Waals surface area contributed by atoms with Gasteiger partial charge in [-0.3, -0.25) is 9.59 Å². The molecule has 1 aliphatic carbocycles. The molecule has 1 heterocycles. The van der Waals surface area contributed by atoms with Gasteiger partial charge in [-0.1, -0.05) is 18.6 Å². The molecule has 0 unspecified atom stereocenters. The van der Waals surface area contributed by atoms with Crippen LogP contribution in [0.2, 0.25) is 0 Å². The fraction of sp³-hybridized carbons (Fsp3) is 0.444. The van der Waals surface area contributed by atoms with E-state index in [1.807, 2.05) is 18.3 Å². The lowest BCUT2D eigenvalue weighted by molar-refractivity contribution is -0.157. The maximum absolute atomic E-state index is 12.0. The largest absolute Gasteiger partial charge is 0.481 e. The Hall–Kier alpha value is -2.30. The van der Waals surface area contributed by atoms with Gasteiger partial charge < -0.3 is 15.4 Å². The number of rotatable bonds is 6. The first-order valence-corrected chi connectivity index (χ1v) is 8.07. The Morgan fingerprint density at radius 2 is 2.13 bits per heavy atom. The molecule has 5 heteroatoms. The molecule has 1 amide bonds. The summed E-state index contributed by atoms with van der Waals surface area (Å²) in [5.41, 5.74) is 2.67. The van der Waals surface area contributed by atoms with Crippen molar-refractivity contribution in [3.63, 3.8) is 0 Å². The second-order valence-corrected chi connectivity index (χ2v) is 6.53. The molecule has 0 atom stereocenters. The summed E-state index contributed by atoms with van der Waals surface area (Å²) in [6.07, 6.45) is 4.92. The summed E-state index contributed by atoms with van der Waals surface area (Å²) >= 11 is 0. The lowest BCUT2D eigenvalue weighted by Crippen LogP contribution is -2.42. The van der Waals surface area contributed by atoms with Crippen LogP contribution >= 0.6 is 0 Å². The molecular weight excluding hydrogens is 292 g/mol. The first kappa shape index (κ1) is 15.6. The molecule has 0 radical (unpaired) electrons. The zero-order valence-corrected chi connectivity index (χ0v) is 13.3. The second-order valence-electron chi connectivity index (χ2n) is 6.53. The van der Waals surface area contributed by atoms with Gasteiger partial charge in [-0.25, -0.2) is 0 Å². The van der Waals surface area contributed by atoms with E-state index in [1.54, 1.807) is 0 Å². The Balaban J connectivity index is 1.57. The number of carboxylic acids is 1. The maximum Gasteiger partial charge on any atom is 0.310 e. The lowest BCUT2D eigenvalue weighted by Gasteiger charge is -2.36. The molecule has 0 aliphatic heterocycles. The van der Waals surface area contributed by atoms with Crippen LogP contribution in [-0.4, -0.2) is 28.5 Å². The average molecular weight is 314 g/mol. The number of hydrogen-bond donors (Lipinski definition) is 3. The van der Waals surface area contributed by atoms with Crippen LogP contribution in [-0.2, 0) is 16.0 Å². The number of aryl methyl sites for hydroxylation is 1. The van der Waals surface area contributed by atoms with Gasteiger partial charge in [0.2, 0.25) is 5.91 Å². The van der Waals surface area contributed by atoms with E-state index in [4.69, 9.17) is 0 Å². The van der Waals surface area contributed by atoms with Crippen molar-refractivity contribution in [1.82, 2.24) is 10.3 Å². The Bertz CT molecular complexity index is 744. The number of hydrogen-bond acceptors (Lipinski definition) is 2. The van der Waals surface area contributed by atoms with Gasteiger partial charge in [-0.2, -0.15) is 0 Å². The van der Waals surface area contributed by atoms with Crippen molar-refractivity contribution in [3.8, 4) is 0 Å². The number of aliphatic carboxylic acids is 1. The topological polar surface area (TPSA) is 82.2 Å². The molecule has 5 nitrogen and oxygen atoms in total. The van der Waals surface area contributed by atoms with Crippen LogP contribution in [0.4, 0.5) is 0 Å². The van der Waals surface area contributed by atoms with Crippen molar-refractivity contribution in [2.45, 2.75) is 39.0 Å². The number of carbonyl (C=O) groups is 2. The van der Waals surface area contributed by atoms with Gasteiger partial charge in [0.05, 0.1) is 5.41 Å². The zero-order valence-electron chi connectivity index (χ0n) is 13.3. The molecule has 0 saturated heterocycles. The second kappa shape index (κ2) is 6.07. The Morgan fingerprint density at radius 3 is 2.78 bits per heavy atom. The summed E-state index contributed by atoms with van der Waals surface area (Å²) in [5.74, 6) is -1.00. The van der Waals surface area contributed by atoms with Crippen molar-refractivity contribution in [3.05, 3.63) is 35.5 Å². The Labute approximate surface area is 135 Å². The molecule has 23 heavy (non-hydrogen) atoms. The highest BCUT2D eigenvalue weighted by Gasteiger charge is 2.45. The minimum atomic E-state index is -0.842. The SMILES string of the molecule is Cc1cccc2[nH]cc(CCNC(=O)CC3(C(=O)O)CCC3)c12. The van der Waals surface area contributed by atoms with E-state index in [0.29, 0.717) is 19.4 Å². The van der Waals surface area contributed by atoms with Gasteiger partial charge in [0, 0.05) is 30.1 Å². The molecule has 1 aromatic carbocycles. The van der Waals surface area contributed by atoms with E-state index in [9.17, 15) is 14.7 Å².